The van der Waals surface area contributed by atoms with Gasteiger partial charge < -0.3 is 5.11 Å². The summed E-state index contributed by atoms with van der Waals surface area (Å²) in [5.74, 6) is 0. The predicted octanol–water partition coefficient (Wildman–Crippen LogP) is 4.10. The lowest BCUT2D eigenvalue weighted by atomic mass is 9.89. The Balaban J connectivity index is 2.28. The average molecular weight is 240 g/mol. The molecule has 0 amide bonds. The molecular weight excluding hydrogens is 220 g/mol. The van der Waals surface area contributed by atoms with Crippen LogP contribution in [0.15, 0.2) is 55.1 Å². The fourth-order valence-electron chi connectivity index (χ4n) is 2.36. The third-order valence-corrected chi connectivity index (χ3v) is 3.34. The van der Waals surface area contributed by atoms with Crippen LogP contribution >= 0.6 is 0 Å². The highest BCUT2D eigenvalue weighted by molar-refractivity contribution is 5.85. The number of benzene rings is 2. The van der Waals surface area contributed by atoms with Crippen molar-refractivity contribution in [3.8, 4) is 0 Å². The van der Waals surface area contributed by atoms with Crippen molar-refractivity contribution in [1.82, 2.24) is 0 Å². The van der Waals surface area contributed by atoms with Crippen LogP contribution in [0.1, 0.15) is 25.3 Å². The van der Waals surface area contributed by atoms with Gasteiger partial charge in [-0.2, -0.15) is 0 Å². The highest BCUT2D eigenvalue weighted by Crippen LogP contribution is 2.25. The van der Waals surface area contributed by atoms with Gasteiger partial charge in [-0.3, -0.25) is 0 Å². The Hall–Kier alpha value is -1.60. The molecule has 1 heteroatoms. The van der Waals surface area contributed by atoms with Gasteiger partial charge in [0.1, 0.15) is 0 Å². The normalized spacial score (nSPS) is 14.3. The van der Waals surface area contributed by atoms with Crippen LogP contribution < -0.4 is 0 Å². The fraction of sp³-hybridized carbons (Fsp3) is 0.294. The van der Waals surface area contributed by atoms with Crippen molar-refractivity contribution in [2.24, 2.45) is 0 Å². The van der Waals surface area contributed by atoms with Gasteiger partial charge in [0, 0.05) is 6.42 Å². The first-order chi connectivity index (χ1) is 8.62. The molecule has 1 nitrogen and oxygen atoms in total. The molecule has 0 radical (unpaired) electrons. The minimum Gasteiger partial charge on any atom is -0.390 e. The van der Waals surface area contributed by atoms with Gasteiger partial charge in [0.15, 0.2) is 0 Å². The van der Waals surface area contributed by atoms with E-state index in [1.165, 1.54) is 16.3 Å². The molecule has 2 aromatic rings. The lowest BCUT2D eigenvalue weighted by molar-refractivity contribution is 0.0526. The molecule has 94 valence electrons. The zero-order valence-corrected chi connectivity index (χ0v) is 10.9. The summed E-state index contributed by atoms with van der Waals surface area (Å²) in [7, 11) is 0. The monoisotopic (exact) mass is 240 g/mol. The van der Waals surface area contributed by atoms with E-state index in [0.29, 0.717) is 6.42 Å². The first kappa shape index (κ1) is 12.8. The molecule has 0 saturated carbocycles. The summed E-state index contributed by atoms with van der Waals surface area (Å²) in [6, 6.07) is 14.6. The maximum absolute atomic E-state index is 10.4. The molecule has 1 unspecified atom stereocenters. The van der Waals surface area contributed by atoms with E-state index in [2.05, 4.69) is 36.9 Å². The summed E-state index contributed by atoms with van der Waals surface area (Å²) in [6.07, 6.45) is 4.14. The Morgan fingerprint density at radius 1 is 1.17 bits per heavy atom. The number of fused-ring (bicyclic) bond motifs is 1. The van der Waals surface area contributed by atoms with Gasteiger partial charge in [-0.1, -0.05) is 48.5 Å². The third kappa shape index (κ3) is 2.99. The first-order valence-electron chi connectivity index (χ1n) is 6.42. The molecule has 1 N–H and O–H groups in total. The van der Waals surface area contributed by atoms with E-state index in [1.54, 1.807) is 0 Å². The van der Waals surface area contributed by atoms with Crippen molar-refractivity contribution in [3.63, 3.8) is 0 Å². The molecule has 0 fully saturated rings. The lowest BCUT2D eigenvalue weighted by Gasteiger charge is -2.23. The Morgan fingerprint density at radius 3 is 2.67 bits per heavy atom. The Labute approximate surface area is 109 Å². The summed E-state index contributed by atoms with van der Waals surface area (Å²) < 4.78 is 0. The van der Waals surface area contributed by atoms with Crippen LogP contribution in [0.3, 0.4) is 0 Å². The molecule has 2 aromatic carbocycles. The lowest BCUT2D eigenvalue weighted by Crippen LogP contribution is -2.26. The summed E-state index contributed by atoms with van der Waals surface area (Å²) in [5, 5.41) is 12.9. The van der Waals surface area contributed by atoms with Gasteiger partial charge in [-0.25, -0.2) is 0 Å². The van der Waals surface area contributed by atoms with Gasteiger partial charge in [-0.05, 0) is 36.1 Å². The number of hydrogen-bond donors (Lipinski definition) is 1. The second-order valence-electron chi connectivity index (χ2n) is 5.14. The summed E-state index contributed by atoms with van der Waals surface area (Å²) in [6.45, 7) is 5.61. The van der Waals surface area contributed by atoms with Crippen LogP contribution in [0.25, 0.3) is 10.8 Å². The molecule has 0 aromatic heterocycles. The number of allylic oxidation sites excluding steroid dienone is 1. The van der Waals surface area contributed by atoms with Crippen molar-refractivity contribution in [2.75, 3.05) is 0 Å². The molecular formula is C17H20O. The van der Waals surface area contributed by atoms with E-state index in [4.69, 9.17) is 0 Å². The van der Waals surface area contributed by atoms with E-state index in [1.807, 2.05) is 25.1 Å². The summed E-state index contributed by atoms with van der Waals surface area (Å²) in [5.41, 5.74) is 0.542. The second kappa shape index (κ2) is 5.36. The van der Waals surface area contributed by atoms with E-state index >= 15 is 0 Å². The Bertz CT molecular complexity index is 535. The zero-order chi connectivity index (χ0) is 13.0. The minimum absolute atomic E-state index is 0.668. The second-order valence-corrected chi connectivity index (χ2v) is 5.14. The van der Waals surface area contributed by atoms with Crippen LogP contribution in [0.2, 0.25) is 0 Å². The Kier molecular flexibility index (Phi) is 3.83. The number of aliphatic hydroxyl groups is 1. The highest BCUT2D eigenvalue weighted by atomic mass is 16.3. The summed E-state index contributed by atoms with van der Waals surface area (Å²) >= 11 is 0. The molecule has 0 spiro atoms. The molecule has 0 aliphatic heterocycles. The highest BCUT2D eigenvalue weighted by Gasteiger charge is 2.20. The van der Waals surface area contributed by atoms with Gasteiger partial charge >= 0.3 is 0 Å². The third-order valence-electron chi connectivity index (χ3n) is 3.34. The van der Waals surface area contributed by atoms with Crippen LogP contribution in [0, 0.1) is 0 Å². The smallest absolute Gasteiger partial charge is 0.0663 e. The standard InChI is InChI=1S/C17H20O/c1-3-4-12-17(2,18)13-15-10-7-9-14-8-5-6-11-16(14)15/h3,5-11,18H,1,4,12-13H2,2H3. The molecule has 0 heterocycles. The van der Waals surface area contributed by atoms with Crippen LogP contribution in [0.4, 0.5) is 0 Å². The zero-order valence-electron chi connectivity index (χ0n) is 10.9. The van der Waals surface area contributed by atoms with Crippen LogP contribution in [-0.2, 0) is 6.42 Å². The van der Waals surface area contributed by atoms with E-state index in [0.717, 1.165) is 12.8 Å². The maximum atomic E-state index is 10.4. The van der Waals surface area contributed by atoms with Crippen molar-refractivity contribution in [3.05, 3.63) is 60.7 Å². The predicted molar refractivity (Wildman–Crippen MR) is 77.7 cm³/mol. The van der Waals surface area contributed by atoms with Gasteiger partial charge in [0.05, 0.1) is 5.60 Å². The fourth-order valence-corrected chi connectivity index (χ4v) is 2.36. The topological polar surface area (TPSA) is 20.2 Å². The molecule has 0 aliphatic rings. The SMILES string of the molecule is C=CCCC(C)(O)Cc1cccc2ccccc12. The van der Waals surface area contributed by atoms with Crippen LogP contribution in [-0.4, -0.2) is 10.7 Å². The van der Waals surface area contributed by atoms with E-state index < -0.39 is 5.60 Å². The quantitative estimate of drug-likeness (QED) is 0.780. The molecule has 2 rings (SSSR count). The van der Waals surface area contributed by atoms with Crippen molar-refractivity contribution < 1.29 is 5.11 Å². The molecule has 0 bridgehead atoms. The molecule has 0 saturated heterocycles. The van der Waals surface area contributed by atoms with Gasteiger partial charge in [0.25, 0.3) is 0 Å². The van der Waals surface area contributed by atoms with Crippen molar-refractivity contribution in [2.45, 2.75) is 31.8 Å². The largest absolute Gasteiger partial charge is 0.390 e. The average Bonchev–Trinajstić information content (AvgIpc) is 2.37. The molecule has 1 atom stereocenters. The van der Waals surface area contributed by atoms with Crippen molar-refractivity contribution in [1.29, 1.82) is 0 Å². The van der Waals surface area contributed by atoms with Crippen LogP contribution in [0.5, 0.6) is 0 Å². The Morgan fingerprint density at radius 2 is 1.89 bits per heavy atom. The van der Waals surface area contributed by atoms with Crippen molar-refractivity contribution >= 4 is 10.8 Å². The number of rotatable bonds is 5. The van der Waals surface area contributed by atoms with Gasteiger partial charge in [-0.15, -0.1) is 6.58 Å². The van der Waals surface area contributed by atoms with Gasteiger partial charge in [0.2, 0.25) is 0 Å². The molecule has 0 aliphatic carbocycles. The molecule has 18 heavy (non-hydrogen) atoms. The first-order valence-corrected chi connectivity index (χ1v) is 6.42. The van der Waals surface area contributed by atoms with E-state index in [-0.39, 0.29) is 0 Å². The maximum Gasteiger partial charge on any atom is 0.0663 e. The summed E-state index contributed by atoms with van der Waals surface area (Å²) in [4.78, 5) is 0. The minimum atomic E-state index is -0.668. The number of hydrogen-bond acceptors (Lipinski definition) is 1. The van der Waals surface area contributed by atoms with E-state index in [9.17, 15) is 5.11 Å².